The van der Waals surface area contributed by atoms with Crippen LogP contribution in [0.25, 0.3) is 0 Å². The first kappa shape index (κ1) is 12.6. The fourth-order valence-corrected chi connectivity index (χ4v) is 1.40. The van der Waals surface area contributed by atoms with Crippen molar-refractivity contribution in [3.05, 3.63) is 30.3 Å². The van der Waals surface area contributed by atoms with Crippen LogP contribution in [0.15, 0.2) is 30.3 Å². The third kappa shape index (κ3) is 4.82. The van der Waals surface area contributed by atoms with Gasteiger partial charge in [-0.05, 0) is 25.5 Å². The lowest BCUT2D eigenvalue weighted by atomic mass is 10.2. The smallest absolute Gasteiger partial charge is 0.411 e. The van der Waals surface area contributed by atoms with Crippen molar-refractivity contribution >= 4 is 11.8 Å². The van der Waals surface area contributed by atoms with E-state index in [1.54, 1.807) is 0 Å². The highest BCUT2D eigenvalue weighted by Crippen LogP contribution is 2.08. The number of amides is 1. The Morgan fingerprint density at radius 1 is 1.38 bits per heavy atom. The predicted molar refractivity (Wildman–Crippen MR) is 65.5 cm³/mol. The van der Waals surface area contributed by atoms with Crippen molar-refractivity contribution in [3.63, 3.8) is 0 Å². The van der Waals surface area contributed by atoms with E-state index < -0.39 is 0 Å². The van der Waals surface area contributed by atoms with Gasteiger partial charge in [0.05, 0.1) is 0 Å². The average molecular weight is 221 g/mol. The van der Waals surface area contributed by atoms with Crippen molar-refractivity contribution in [1.29, 1.82) is 0 Å². The molecule has 0 fully saturated rings. The summed E-state index contributed by atoms with van der Waals surface area (Å²) in [6, 6.07) is 9.31. The summed E-state index contributed by atoms with van der Waals surface area (Å²) in [6.45, 7) is 4.04. The van der Waals surface area contributed by atoms with E-state index in [4.69, 9.17) is 4.74 Å². The maximum Gasteiger partial charge on any atom is 0.411 e. The number of hydrogen-bond donors (Lipinski definition) is 1. The highest BCUT2D eigenvalue weighted by molar-refractivity contribution is 5.84. The molecule has 0 aliphatic rings. The second-order valence-corrected chi connectivity index (χ2v) is 3.85. The van der Waals surface area contributed by atoms with Gasteiger partial charge in [0.1, 0.15) is 6.10 Å². The van der Waals surface area contributed by atoms with Crippen molar-refractivity contribution in [1.82, 2.24) is 0 Å². The number of para-hydroxylation sites is 1. The third-order valence-corrected chi connectivity index (χ3v) is 2.29. The Morgan fingerprint density at radius 2 is 2.06 bits per heavy atom. The molecule has 0 saturated heterocycles. The maximum absolute atomic E-state index is 11.5. The van der Waals surface area contributed by atoms with Gasteiger partial charge in [-0.2, -0.15) is 0 Å². The summed E-state index contributed by atoms with van der Waals surface area (Å²) in [7, 11) is 0. The zero-order chi connectivity index (χ0) is 11.8. The molecule has 1 unspecified atom stereocenters. The normalized spacial score (nSPS) is 11.9. The fourth-order valence-electron chi connectivity index (χ4n) is 1.40. The molecule has 3 nitrogen and oxygen atoms in total. The lowest BCUT2D eigenvalue weighted by Gasteiger charge is -2.13. The second-order valence-electron chi connectivity index (χ2n) is 3.85. The van der Waals surface area contributed by atoms with E-state index in [0.29, 0.717) is 0 Å². The highest BCUT2D eigenvalue weighted by atomic mass is 16.6. The van der Waals surface area contributed by atoms with Crippen molar-refractivity contribution in [2.24, 2.45) is 0 Å². The minimum Gasteiger partial charge on any atom is -0.446 e. The molecular weight excluding hydrogens is 202 g/mol. The molecule has 0 spiro atoms. The Morgan fingerprint density at radius 3 is 2.69 bits per heavy atom. The third-order valence-electron chi connectivity index (χ3n) is 2.29. The van der Waals surface area contributed by atoms with Crippen LogP contribution in [0, 0.1) is 0 Å². The molecule has 1 rings (SSSR count). The molecule has 1 amide bonds. The number of rotatable bonds is 5. The molecule has 0 bridgehead atoms. The van der Waals surface area contributed by atoms with Crippen LogP contribution < -0.4 is 5.32 Å². The zero-order valence-corrected chi connectivity index (χ0v) is 9.90. The number of carbonyl (C=O) groups excluding carboxylic acids is 1. The van der Waals surface area contributed by atoms with Crippen molar-refractivity contribution in [2.45, 2.75) is 39.2 Å². The van der Waals surface area contributed by atoms with E-state index in [0.717, 1.165) is 24.9 Å². The summed E-state index contributed by atoms with van der Waals surface area (Å²) >= 11 is 0. The zero-order valence-electron chi connectivity index (χ0n) is 9.90. The van der Waals surface area contributed by atoms with Gasteiger partial charge in [-0.15, -0.1) is 0 Å². The second kappa shape index (κ2) is 6.88. The van der Waals surface area contributed by atoms with Gasteiger partial charge in [0, 0.05) is 5.69 Å². The van der Waals surface area contributed by atoms with E-state index >= 15 is 0 Å². The molecule has 88 valence electrons. The topological polar surface area (TPSA) is 38.3 Å². The molecular formula is C13H19NO2. The van der Waals surface area contributed by atoms with Gasteiger partial charge in [-0.1, -0.05) is 38.0 Å². The Labute approximate surface area is 96.8 Å². The van der Waals surface area contributed by atoms with Crippen LogP contribution in [0.4, 0.5) is 10.5 Å². The SMILES string of the molecule is CCCCC(C)OC(=O)Nc1ccccc1. The van der Waals surface area contributed by atoms with Gasteiger partial charge in [0.2, 0.25) is 0 Å². The maximum atomic E-state index is 11.5. The molecule has 0 heterocycles. The Balaban J connectivity index is 2.31. The summed E-state index contributed by atoms with van der Waals surface area (Å²) in [5.74, 6) is 0. The van der Waals surface area contributed by atoms with E-state index in [9.17, 15) is 4.79 Å². The van der Waals surface area contributed by atoms with E-state index in [1.165, 1.54) is 0 Å². The number of unbranched alkanes of at least 4 members (excludes halogenated alkanes) is 1. The Kier molecular flexibility index (Phi) is 5.40. The first-order valence-electron chi connectivity index (χ1n) is 5.75. The van der Waals surface area contributed by atoms with Gasteiger partial charge in [0.25, 0.3) is 0 Å². The quantitative estimate of drug-likeness (QED) is 0.821. The van der Waals surface area contributed by atoms with Crippen LogP contribution in [0.1, 0.15) is 33.1 Å². The van der Waals surface area contributed by atoms with Crippen molar-refractivity contribution in [2.75, 3.05) is 5.32 Å². The molecule has 0 aliphatic carbocycles. The van der Waals surface area contributed by atoms with Crippen LogP contribution in [-0.2, 0) is 4.74 Å². The van der Waals surface area contributed by atoms with Gasteiger partial charge in [-0.3, -0.25) is 5.32 Å². The lowest BCUT2D eigenvalue weighted by Crippen LogP contribution is -2.20. The largest absolute Gasteiger partial charge is 0.446 e. The Hall–Kier alpha value is -1.51. The minimum atomic E-state index is -0.380. The molecule has 0 aliphatic heterocycles. The van der Waals surface area contributed by atoms with Crippen molar-refractivity contribution in [3.8, 4) is 0 Å². The summed E-state index contributed by atoms with van der Waals surface area (Å²) in [6.07, 6.45) is 2.71. The predicted octanol–water partition coefficient (Wildman–Crippen LogP) is 3.81. The van der Waals surface area contributed by atoms with Crippen LogP contribution in [0.2, 0.25) is 0 Å². The molecule has 0 radical (unpaired) electrons. The molecule has 3 heteroatoms. The minimum absolute atomic E-state index is 0.0244. The number of nitrogens with one attached hydrogen (secondary N) is 1. The number of hydrogen-bond acceptors (Lipinski definition) is 2. The molecule has 1 N–H and O–H groups in total. The molecule has 0 saturated carbocycles. The first-order chi connectivity index (χ1) is 7.72. The van der Waals surface area contributed by atoms with Crippen LogP contribution in [0.3, 0.4) is 0 Å². The lowest BCUT2D eigenvalue weighted by molar-refractivity contribution is 0.114. The van der Waals surface area contributed by atoms with Gasteiger partial charge >= 0.3 is 6.09 Å². The standard InChI is InChI=1S/C13H19NO2/c1-3-4-8-11(2)16-13(15)14-12-9-6-5-7-10-12/h5-7,9-11H,3-4,8H2,1-2H3,(H,14,15). The van der Waals surface area contributed by atoms with Crippen LogP contribution in [-0.4, -0.2) is 12.2 Å². The Bertz CT molecular complexity index is 311. The molecule has 0 aromatic heterocycles. The fraction of sp³-hybridized carbons (Fsp3) is 0.462. The summed E-state index contributed by atoms with van der Waals surface area (Å²) in [5, 5.41) is 2.69. The molecule has 1 atom stereocenters. The average Bonchev–Trinajstić information content (AvgIpc) is 2.27. The number of benzene rings is 1. The van der Waals surface area contributed by atoms with E-state index in [-0.39, 0.29) is 12.2 Å². The van der Waals surface area contributed by atoms with E-state index in [1.807, 2.05) is 37.3 Å². The molecule has 1 aromatic carbocycles. The summed E-state index contributed by atoms with van der Waals surface area (Å²) in [4.78, 5) is 11.5. The number of anilines is 1. The molecule has 1 aromatic rings. The highest BCUT2D eigenvalue weighted by Gasteiger charge is 2.08. The van der Waals surface area contributed by atoms with Crippen LogP contribution >= 0.6 is 0 Å². The molecule has 16 heavy (non-hydrogen) atoms. The van der Waals surface area contributed by atoms with Crippen molar-refractivity contribution < 1.29 is 9.53 Å². The summed E-state index contributed by atoms with van der Waals surface area (Å²) in [5.41, 5.74) is 0.759. The monoisotopic (exact) mass is 221 g/mol. The number of carbonyl (C=O) groups is 1. The number of ether oxygens (including phenoxy) is 1. The first-order valence-corrected chi connectivity index (χ1v) is 5.75. The van der Waals surface area contributed by atoms with E-state index in [2.05, 4.69) is 12.2 Å². The van der Waals surface area contributed by atoms with Crippen LogP contribution in [0.5, 0.6) is 0 Å². The van der Waals surface area contributed by atoms with Gasteiger partial charge in [-0.25, -0.2) is 4.79 Å². The summed E-state index contributed by atoms with van der Waals surface area (Å²) < 4.78 is 5.21. The van der Waals surface area contributed by atoms with Gasteiger partial charge in [0.15, 0.2) is 0 Å². The van der Waals surface area contributed by atoms with Gasteiger partial charge < -0.3 is 4.74 Å².